The van der Waals surface area contributed by atoms with E-state index < -0.39 is 11.4 Å². The maximum absolute atomic E-state index is 14.6. The minimum Gasteiger partial charge on any atom is -0.373 e. The molecule has 8 atom stereocenters. The zero-order chi connectivity index (χ0) is 31.7. The summed E-state index contributed by atoms with van der Waals surface area (Å²) in [6.07, 6.45) is 11.7. The molecule has 8 rings (SSSR count). The Morgan fingerprint density at radius 2 is 2.04 bits per heavy atom. The highest BCUT2D eigenvalue weighted by atomic mass is 19.1. The maximum Gasteiger partial charge on any atom is 0.226 e. The molecule has 1 aromatic heterocycles. The van der Waals surface area contributed by atoms with Crippen LogP contribution in [0.4, 0.5) is 4.39 Å². The van der Waals surface area contributed by atoms with Crippen molar-refractivity contribution < 1.29 is 37.5 Å². The average Bonchev–Trinajstić information content (AvgIpc) is 3.83. The lowest BCUT2D eigenvalue weighted by molar-refractivity contribution is -0.264. The summed E-state index contributed by atoms with van der Waals surface area (Å²) < 4.78 is 59.2. The monoisotopic (exact) mass is 636 g/mol. The Hall–Kier alpha value is -2.44. The van der Waals surface area contributed by atoms with Gasteiger partial charge in [-0.05, 0) is 91.5 Å². The molecule has 2 aromatic rings. The van der Waals surface area contributed by atoms with E-state index in [1.165, 1.54) is 17.2 Å². The molecule has 3 saturated carbocycles. The fourth-order valence-corrected chi connectivity index (χ4v) is 10.7. The standard InChI is InChI=1S/C36H45FN2O7/c1-5-12-41-18-23-13-26(7-9-29(23)37)39-30-14-25-6-8-27-28-10-11-35(36(46-22-44-35)19-42-21-45-36)34(28,3)16-31(43-20-40-4)32(27)33(25,2)15-24(30)17-38-39/h5,7,9,13-14,17,27-28,31-32H,1,6,8,10-12,15-16,18-22H2,2-4H3/t27-,28-,31-,32+,33-,34-,35+,36?/m0/s1. The van der Waals surface area contributed by atoms with Crippen molar-refractivity contribution in [1.82, 2.24) is 9.78 Å². The highest BCUT2D eigenvalue weighted by Crippen LogP contribution is 2.72. The van der Waals surface area contributed by atoms with E-state index in [2.05, 4.69) is 26.5 Å². The highest BCUT2D eigenvalue weighted by Gasteiger charge is 2.77. The van der Waals surface area contributed by atoms with Crippen LogP contribution in [-0.2, 0) is 46.2 Å². The molecule has 3 heterocycles. The van der Waals surface area contributed by atoms with Crippen molar-refractivity contribution in [1.29, 1.82) is 0 Å². The van der Waals surface area contributed by atoms with Gasteiger partial charge in [0.1, 0.15) is 24.8 Å². The number of aromatic nitrogens is 2. The highest BCUT2D eigenvalue weighted by molar-refractivity contribution is 5.62. The first-order chi connectivity index (χ1) is 22.3. The van der Waals surface area contributed by atoms with Gasteiger partial charge in [0.05, 0.1) is 36.9 Å². The van der Waals surface area contributed by atoms with Crippen molar-refractivity contribution in [2.75, 3.05) is 40.7 Å². The molecule has 1 unspecified atom stereocenters. The van der Waals surface area contributed by atoms with E-state index >= 15 is 0 Å². The Labute approximate surface area is 269 Å². The third kappa shape index (κ3) is 4.27. The number of ether oxygens (including phenoxy) is 7. The first-order valence-electron chi connectivity index (χ1n) is 16.6. The van der Waals surface area contributed by atoms with Crippen LogP contribution >= 0.6 is 0 Å². The van der Waals surface area contributed by atoms with Crippen molar-refractivity contribution in [3.05, 3.63) is 65.3 Å². The molecule has 9 nitrogen and oxygen atoms in total. The Bertz CT molecular complexity index is 1530. The fraction of sp³-hybridized carbons (Fsp3) is 0.639. The third-order valence-corrected chi connectivity index (χ3v) is 12.6. The van der Waals surface area contributed by atoms with Crippen molar-refractivity contribution in [2.45, 2.75) is 76.5 Å². The van der Waals surface area contributed by atoms with Gasteiger partial charge in [-0.25, -0.2) is 9.07 Å². The molecule has 2 saturated heterocycles. The molecule has 6 aliphatic rings. The number of hydrogen-bond acceptors (Lipinski definition) is 8. The summed E-state index contributed by atoms with van der Waals surface area (Å²) in [6.45, 7) is 10.1. The maximum atomic E-state index is 14.6. The van der Waals surface area contributed by atoms with E-state index in [0.717, 1.165) is 49.9 Å². The van der Waals surface area contributed by atoms with Crippen LogP contribution in [0.3, 0.4) is 0 Å². The van der Waals surface area contributed by atoms with Crippen LogP contribution in [0.15, 0.2) is 42.6 Å². The lowest BCUT2D eigenvalue weighted by Gasteiger charge is -2.62. The summed E-state index contributed by atoms with van der Waals surface area (Å²) in [5, 5.41) is 4.84. The summed E-state index contributed by atoms with van der Waals surface area (Å²) in [7, 11) is 1.69. The Morgan fingerprint density at radius 3 is 2.85 bits per heavy atom. The quantitative estimate of drug-likeness (QED) is 0.200. The lowest BCUT2D eigenvalue weighted by atomic mass is 9.45. The van der Waals surface area contributed by atoms with Crippen LogP contribution in [-0.4, -0.2) is 68.0 Å². The van der Waals surface area contributed by atoms with Crippen LogP contribution in [0.1, 0.15) is 62.8 Å². The van der Waals surface area contributed by atoms with Gasteiger partial charge in [0.25, 0.3) is 0 Å². The first kappa shape index (κ1) is 30.9. The van der Waals surface area contributed by atoms with Gasteiger partial charge in [0, 0.05) is 18.1 Å². The number of rotatable bonds is 8. The van der Waals surface area contributed by atoms with E-state index in [4.69, 9.17) is 38.3 Å². The molecule has 0 radical (unpaired) electrons. The zero-order valence-electron chi connectivity index (χ0n) is 27.1. The molecule has 10 heteroatoms. The molecule has 2 aliphatic heterocycles. The van der Waals surface area contributed by atoms with Crippen molar-refractivity contribution in [3.63, 3.8) is 0 Å². The second-order valence-corrected chi connectivity index (χ2v) is 14.5. The number of nitrogens with zero attached hydrogens (tertiary/aromatic N) is 2. The van der Waals surface area contributed by atoms with E-state index in [1.807, 2.05) is 16.9 Å². The Balaban J connectivity index is 1.14. The summed E-state index contributed by atoms with van der Waals surface area (Å²) in [5.74, 6) is 0.0191. The average molecular weight is 637 g/mol. The summed E-state index contributed by atoms with van der Waals surface area (Å²) >= 11 is 0. The number of hydrogen-bond donors (Lipinski definition) is 0. The fourth-order valence-electron chi connectivity index (χ4n) is 10.7. The number of methoxy groups -OCH3 is 1. The predicted molar refractivity (Wildman–Crippen MR) is 166 cm³/mol. The largest absolute Gasteiger partial charge is 0.373 e. The van der Waals surface area contributed by atoms with Gasteiger partial charge in [0.2, 0.25) is 5.79 Å². The summed E-state index contributed by atoms with van der Waals surface area (Å²) in [6, 6.07) is 5.12. The molecular weight excluding hydrogens is 591 g/mol. The topological polar surface area (TPSA) is 82.4 Å². The second-order valence-electron chi connectivity index (χ2n) is 14.5. The van der Waals surface area contributed by atoms with Gasteiger partial charge >= 0.3 is 0 Å². The number of allylic oxidation sites excluding steroid dienone is 1. The Morgan fingerprint density at radius 1 is 1.17 bits per heavy atom. The van der Waals surface area contributed by atoms with Crippen LogP contribution in [0.5, 0.6) is 0 Å². The molecule has 0 N–H and O–H groups in total. The van der Waals surface area contributed by atoms with Gasteiger partial charge < -0.3 is 33.2 Å². The minimum atomic E-state index is -0.870. The third-order valence-electron chi connectivity index (χ3n) is 12.6. The van der Waals surface area contributed by atoms with E-state index in [-0.39, 0.29) is 49.7 Å². The predicted octanol–water partition coefficient (Wildman–Crippen LogP) is 5.94. The van der Waals surface area contributed by atoms with Crippen molar-refractivity contribution in [3.8, 4) is 5.69 Å². The number of halogens is 1. The van der Waals surface area contributed by atoms with Crippen LogP contribution in [0, 0.1) is 34.4 Å². The molecule has 2 spiro atoms. The SMILES string of the molecule is C=CCOCc1cc(-n2ncc3c2C=C2CC[C@@H]4[C@H]([C@@H](OCOC)C[C@@]5(C)[C@H]4CC[C@@]54OCOC45COCO5)[C@@]2(C)C3)ccc1F. The van der Waals surface area contributed by atoms with Crippen molar-refractivity contribution >= 4 is 6.08 Å². The molecule has 0 amide bonds. The van der Waals surface area contributed by atoms with Crippen LogP contribution in [0.25, 0.3) is 11.8 Å². The molecule has 5 fully saturated rings. The van der Waals surface area contributed by atoms with Gasteiger partial charge in [-0.3, -0.25) is 0 Å². The molecular formula is C36H45FN2O7. The van der Waals surface area contributed by atoms with Crippen LogP contribution < -0.4 is 0 Å². The number of fused-ring (bicyclic) bond motifs is 8. The number of benzene rings is 1. The van der Waals surface area contributed by atoms with Gasteiger partial charge in [0.15, 0.2) is 13.6 Å². The first-order valence-corrected chi connectivity index (χ1v) is 16.6. The van der Waals surface area contributed by atoms with E-state index in [9.17, 15) is 4.39 Å². The lowest BCUT2D eigenvalue weighted by Crippen LogP contribution is -2.66. The molecule has 46 heavy (non-hydrogen) atoms. The van der Waals surface area contributed by atoms with E-state index in [0.29, 0.717) is 36.5 Å². The smallest absolute Gasteiger partial charge is 0.226 e. The normalized spacial score (nSPS) is 39.3. The van der Waals surface area contributed by atoms with Gasteiger partial charge in [-0.2, -0.15) is 5.10 Å². The molecule has 4 aliphatic carbocycles. The summed E-state index contributed by atoms with van der Waals surface area (Å²) in [4.78, 5) is 0. The molecule has 1 aromatic carbocycles. The van der Waals surface area contributed by atoms with Crippen molar-refractivity contribution in [2.24, 2.45) is 28.6 Å². The Kier molecular flexibility index (Phi) is 7.60. The minimum absolute atomic E-state index is 0.0368. The van der Waals surface area contributed by atoms with Crippen LogP contribution in [0.2, 0.25) is 0 Å². The summed E-state index contributed by atoms with van der Waals surface area (Å²) in [5.41, 5.74) is 4.13. The molecule has 0 bridgehead atoms. The van der Waals surface area contributed by atoms with Gasteiger partial charge in [-0.1, -0.05) is 25.5 Å². The van der Waals surface area contributed by atoms with E-state index in [1.54, 1.807) is 19.3 Å². The molecule has 248 valence electrons. The zero-order valence-corrected chi connectivity index (χ0v) is 27.1. The van der Waals surface area contributed by atoms with Gasteiger partial charge in [-0.15, -0.1) is 6.58 Å². The second kappa shape index (κ2) is 11.3.